The van der Waals surface area contributed by atoms with Crippen molar-refractivity contribution >= 4 is 0 Å². The van der Waals surface area contributed by atoms with E-state index < -0.39 is 0 Å². The molecule has 0 radical (unpaired) electrons. The van der Waals surface area contributed by atoms with Gasteiger partial charge in [-0.05, 0) is 24.6 Å². The van der Waals surface area contributed by atoms with Crippen molar-refractivity contribution in [3.05, 3.63) is 71.5 Å². The fraction of sp³-hybridized carbons (Fsp3) is 0.176. The fourth-order valence-corrected chi connectivity index (χ4v) is 2.06. The Morgan fingerprint density at radius 1 is 1.28 bits per heavy atom. The zero-order valence-electron chi connectivity index (χ0n) is 10.9. The zero-order valence-corrected chi connectivity index (χ0v) is 10.9. The summed E-state index contributed by atoms with van der Waals surface area (Å²) in [5.74, 6) is 6.45. The summed E-state index contributed by atoms with van der Waals surface area (Å²) in [6.07, 6.45) is 5.94. The predicted octanol–water partition coefficient (Wildman–Crippen LogP) is 3.50. The zero-order chi connectivity index (χ0) is 13.0. The van der Waals surface area contributed by atoms with Gasteiger partial charge in [-0.3, -0.25) is 0 Å². The number of fused-ring (bicyclic) bond motifs is 1. The summed E-state index contributed by atoms with van der Waals surface area (Å²) in [4.78, 5) is 2.21. The van der Waals surface area contributed by atoms with E-state index in [1.807, 2.05) is 25.1 Å². The molecule has 1 aromatic carbocycles. The molecule has 90 valence electrons. The highest BCUT2D eigenvalue weighted by Crippen LogP contribution is 2.19. The van der Waals surface area contributed by atoms with E-state index in [1.165, 1.54) is 5.56 Å². The lowest BCUT2D eigenvalue weighted by molar-refractivity contribution is 0.422. The molecule has 0 fully saturated rings. The van der Waals surface area contributed by atoms with Crippen LogP contribution in [0.25, 0.3) is 0 Å². The molecule has 0 N–H and O–H groups in total. The predicted molar refractivity (Wildman–Crippen MR) is 76.8 cm³/mol. The van der Waals surface area contributed by atoms with E-state index in [0.717, 1.165) is 23.4 Å². The van der Waals surface area contributed by atoms with E-state index in [4.69, 9.17) is 0 Å². The third-order valence-electron chi connectivity index (χ3n) is 2.97. The molecule has 0 spiro atoms. The van der Waals surface area contributed by atoms with E-state index in [-0.39, 0.29) is 0 Å². The summed E-state index contributed by atoms with van der Waals surface area (Å²) in [6.45, 7) is 6.74. The van der Waals surface area contributed by atoms with Gasteiger partial charge in [0, 0.05) is 24.7 Å². The van der Waals surface area contributed by atoms with Gasteiger partial charge in [0.1, 0.15) is 0 Å². The summed E-state index contributed by atoms with van der Waals surface area (Å²) in [7, 11) is 2.09. The van der Waals surface area contributed by atoms with Gasteiger partial charge in [-0.15, -0.1) is 0 Å². The summed E-state index contributed by atoms with van der Waals surface area (Å²) in [5, 5.41) is 0. The molecule has 0 bridgehead atoms. The third-order valence-corrected chi connectivity index (χ3v) is 2.97. The molecule has 0 amide bonds. The number of rotatable bonds is 2. The van der Waals surface area contributed by atoms with Gasteiger partial charge in [0.2, 0.25) is 0 Å². The maximum Gasteiger partial charge on any atom is 0.0522 e. The van der Waals surface area contributed by atoms with Gasteiger partial charge in [0.15, 0.2) is 0 Å². The van der Waals surface area contributed by atoms with Gasteiger partial charge in [0.25, 0.3) is 0 Å². The second kappa shape index (κ2) is 5.42. The molecular weight excluding hydrogens is 218 g/mol. The van der Waals surface area contributed by atoms with Crippen LogP contribution < -0.4 is 0 Å². The highest BCUT2D eigenvalue weighted by molar-refractivity contribution is 5.52. The van der Waals surface area contributed by atoms with E-state index in [1.54, 1.807) is 0 Å². The summed E-state index contributed by atoms with van der Waals surface area (Å²) in [5.41, 5.74) is 4.46. The van der Waals surface area contributed by atoms with Crippen LogP contribution in [0.5, 0.6) is 0 Å². The van der Waals surface area contributed by atoms with Crippen molar-refractivity contribution in [2.75, 3.05) is 7.05 Å². The SMILES string of the molecule is C=C/C1=C(\C=C/C)N(C)Cc2ccccc2C#C1. The van der Waals surface area contributed by atoms with Crippen LogP contribution in [-0.2, 0) is 6.54 Å². The second-order valence-corrected chi connectivity index (χ2v) is 4.27. The number of allylic oxidation sites excluding steroid dienone is 4. The topological polar surface area (TPSA) is 3.24 Å². The van der Waals surface area contributed by atoms with Crippen LogP contribution in [0.4, 0.5) is 0 Å². The molecule has 1 aliphatic rings. The molecule has 2 rings (SSSR count). The van der Waals surface area contributed by atoms with E-state index >= 15 is 0 Å². The normalized spacial score (nSPS) is 18.7. The number of hydrogen-bond donors (Lipinski definition) is 0. The molecule has 1 aromatic rings. The first-order valence-electron chi connectivity index (χ1n) is 6.06. The highest BCUT2D eigenvalue weighted by atomic mass is 15.1. The van der Waals surface area contributed by atoms with E-state index in [2.05, 4.69) is 54.6 Å². The Bertz CT molecular complexity index is 579. The largest absolute Gasteiger partial charge is 0.369 e. The van der Waals surface area contributed by atoms with Crippen molar-refractivity contribution in [1.29, 1.82) is 0 Å². The molecule has 18 heavy (non-hydrogen) atoms. The van der Waals surface area contributed by atoms with Gasteiger partial charge in [0.05, 0.1) is 5.70 Å². The monoisotopic (exact) mass is 235 g/mol. The Labute approximate surface area is 109 Å². The average Bonchev–Trinajstić information content (AvgIpc) is 2.38. The van der Waals surface area contributed by atoms with Crippen molar-refractivity contribution in [2.24, 2.45) is 0 Å². The van der Waals surface area contributed by atoms with Gasteiger partial charge in [-0.25, -0.2) is 0 Å². The quantitative estimate of drug-likeness (QED) is 0.709. The van der Waals surface area contributed by atoms with Crippen LogP contribution in [0.2, 0.25) is 0 Å². The number of nitrogens with zero attached hydrogens (tertiary/aromatic N) is 1. The molecule has 0 saturated carbocycles. The second-order valence-electron chi connectivity index (χ2n) is 4.27. The van der Waals surface area contributed by atoms with Crippen LogP contribution in [-0.4, -0.2) is 11.9 Å². The third kappa shape index (κ3) is 2.38. The number of likely N-dealkylation sites (N-methyl/N-ethyl adjacent to an activating group) is 1. The van der Waals surface area contributed by atoms with Gasteiger partial charge in [-0.2, -0.15) is 0 Å². The maximum absolute atomic E-state index is 3.86. The number of hydrogen-bond acceptors (Lipinski definition) is 1. The van der Waals surface area contributed by atoms with Crippen molar-refractivity contribution in [3.63, 3.8) is 0 Å². The van der Waals surface area contributed by atoms with Crippen LogP contribution in [0, 0.1) is 11.8 Å². The lowest BCUT2D eigenvalue weighted by atomic mass is 10.0. The maximum atomic E-state index is 3.86. The average molecular weight is 235 g/mol. The van der Waals surface area contributed by atoms with Crippen molar-refractivity contribution in [3.8, 4) is 11.8 Å². The molecule has 1 aliphatic heterocycles. The minimum atomic E-state index is 0.863. The van der Waals surface area contributed by atoms with Gasteiger partial charge >= 0.3 is 0 Å². The molecule has 0 atom stereocenters. The standard InChI is InChI=1S/C17H17N/c1-4-8-17-14(5-2)11-12-15-9-6-7-10-16(15)13-18(17)3/h4-10H,2,13H2,1,3H3/b8-4-,17-14-. The molecule has 1 heterocycles. The van der Waals surface area contributed by atoms with Crippen LogP contribution in [0.3, 0.4) is 0 Å². The Hall–Kier alpha value is -2.20. The van der Waals surface area contributed by atoms with Gasteiger partial charge < -0.3 is 4.90 Å². The Morgan fingerprint density at radius 3 is 2.78 bits per heavy atom. The summed E-state index contributed by atoms with van der Waals surface area (Å²) in [6, 6.07) is 8.28. The minimum absolute atomic E-state index is 0.863. The molecular formula is C17H17N. The van der Waals surface area contributed by atoms with Crippen molar-refractivity contribution in [1.82, 2.24) is 4.90 Å². The summed E-state index contributed by atoms with van der Waals surface area (Å²) < 4.78 is 0. The minimum Gasteiger partial charge on any atom is -0.369 e. The van der Waals surface area contributed by atoms with Crippen molar-refractivity contribution < 1.29 is 0 Å². The lowest BCUT2D eigenvalue weighted by Gasteiger charge is -2.23. The van der Waals surface area contributed by atoms with Crippen LogP contribution in [0.15, 0.2) is 60.3 Å². The molecule has 0 saturated heterocycles. The van der Waals surface area contributed by atoms with Crippen LogP contribution >= 0.6 is 0 Å². The molecule has 1 heteroatoms. The lowest BCUT2D eigenvalue weighted by Crippen LogP contribution is -2.19. The highest BCUT2D eigenvalue weighted by Gasteiger charge is 2.10. The molecule has 0 aromatic heterocycles. The Balaban J connectivity index is 2.58. The number of benzene rings is 1. The molecule has 0 unspecified atom stereocenters. The molecule has 1 nitrogen and oxygen atoms in total. The molecule has 0 aliphatic carbocycles. The Morgan fingerprint density at radius 2 is 2.06 bits per heavy atom. The van der Waals surface area contributed by atoms with Gasteiger partial charge in [-0.1, -0.05) is 48.8 Å². The summed E-state index contributed by atoms with van der Waals surface area (Å²) >= 11 is 0. The first-order chi connectivity index (χ1) is 8.76. The first-order valence-corrected chi connectivity index (χ1v) is 6.06. The fourth-order valence-electron chi connectivity index (χ4n) is 2.06. The van der Waals surface area contributed by atoms with E-state index in [9.17, 15) is 0 Å². The Kier molecular flexibility index (Phi) is 3.69. The smallest absolute Gasteiger partial charge is 0.0522 e. The van der Waals surface area contributed by atoms with Crippen molar-refractivity contribution in [2.45, 2.75) is 13.5 Å². The van der Waals surface area contributed by atoms with E-state index in [0.29, 0.717) is 0 Å². The van der Waals surface area contributed by atoms with Crippen LogP contribution in [0.1, 0.15) is 18.1 Å². The first kappa shape index (κ1) is 12.3.